The van der Waals surface area contributed by atoms with E-state index in [1.807, 2.05) is 30.3 Å². The standard InChI is InChI=1S/C14H12N4O/c1-9(19)18-12-4-2-10(3-5-12)11-6-13-14(15-7-11)17-8-16-13/h2-8H,1H3,(H,18,19)(H,15,16,17). The van der Waals surface area contributed by atoms with Crippen molar-refractivity contribution in [3.8, 4) is 11.1 Å². The highest BCUT2D eigenvalue weighted by Crippen LogP contribution is 2.22. The molecular weight excluding hydrogens is 240 g/mol. The summed E-state index contributed by atoms with van der Waals surface area (Å²) in [6, 6.07) is 9.64. The highest BCUT2D eigenvalue weighted by atomic mass is 16.1. The lowest BCUT2D eigenvalue weighted by molar-refractivity contribution is -0.114. The minimum absolute atomic E-state index is 0.0757. The second kappa shape index (κ2) is 4.53. The highest BCUT2D eigenvalue weighted by molar-refractivity contribution is 5.89. The van der Waals surface area contributed by atoms with Gasteiger partial charge in [0.25, 0.3) is 0 Å². The average molecular weight is 252 g/mol. The van der Waals surface area contributed by atoms with Crippen LogP contribution >= 0.6 is 0 Å². The number of carbonyl (C=O) groups is 1. The molecule has 5 heteroatoms. The van der Waals surface area contributed by atoms with Crippen LogP contribution in [0.4, 0.5) is 5.69 Å². The van der Waals surface area contributed by atoms with Gasteiger partial charge in [-0.3, -0.25) is 4.79 Å². The van der Waals surface area contributed by atoms with Gasteiger partial charge in [0, 0.05) is 24.4 Å². The van der Waals surface area contributed by atoms with E-state index in [1.54, 1.807) is 12.5 Å². The van der Waals surface area contributed by atoms with Gasteiger partial charge in [0.05, 0.1) is 11.8 Å². The number of benzene rings is 1. The molecule has 2 aromatic heterocycles. The summed E-state index contributed by atoms with van der Waals surface area (Å²) in [6.45, 7) is 1.49. The summed E-state index contributed by atoms with van der Waals surface area (Å²) in [5.41, 5.74) is 4.44. The first-order valence-electron chi connectivity index (χ1n) is 5.89. The zero-order chi connectivity index (χ0) is 13.2. The maximum absolute atomic E-state index is 11.0. The van der Waals surface area contributed by atoms with E-state index in [1.165, 1.54) is 6.92 Å². The lowest BCUT2D eigenvalue weighted by atomic mass is 10.1. The molecule has 2 N–H and O–H groups in total. The lowest BCUT2D eigenvalue weighted by Crippen LogP contribution is -2.05. The Bertz CT molecular complexity index is 731. The van der Waals surface area contributed by atoms with Gasteiger partial charge in [-0.05, 0) is 23.8 Å². The van der Waals surface area contributed by atoms with E-state index in [2.05, 4.69) is 20.3 Å². The van der Waals surface area contributed by atoms with Gasteiger partial charge in [-0.1, -0.05) is 12.1 Å². The Hall–Kier alpha value is -2.69. The molecule has 1 aromatic carbocycles. The van der Waals surface area contributed by atoms with Crippen LogP contribution in [0.5, 0.6) is 0 Å². The molecule has 0 radical (unpaired) electrons. The smallest absolute Gasteiger partial charge is 0.221 e. The van der Waals surface area contributed by atoms with E-state index in [0.717, 1.165) is 22.3 Å². The molecule has 0 saturated heterocycles. The van der Waals surface area contributed by atoms with E-state index in [0.29, 0.717) is 5.65 Å². The largest absolute Gasteiger partial charge is 0.343 e. The van der Waals surface area contributed by atoms with Gasteiger partial charge >= 0.3 is 0 Å². The number of pyridine rings is 1. The third-order valence-electron chi connectivity index (χ3n) is 2.81. The fourth-order valence-electron chi connectivity index (χ4n) is 1.94. The van der Waals surface area contributed by atoms with Crippen LogP contribution in [0.15, 0.2) is 42.9 Å². The van der Waals surface area contributed by atoms with Crippen LogP contribution in [0.3, 0.4) is 0 Å². The molecule has 0 saturated carbocycles. The molecule has 0 atom stereocenters. The summed E-state index contributed by atoms with van der Waals surface area (Å²) >= 11 is 0. The van der Waals surface area contributed by atoms with E-state index < -0.39 is 0 Å². The topological polar surface area (TPSA) is 70.7 Å². The van der Waals surface area contributed by atoms with E-state index in [4.69, 9.17) is 0 Å². The Labute approximate surface area is 109 Å². The van der Waals surface area contributed by atoms with Crippen LogP contribution in [-0.4, -0.2) is 20.9 Å². The summed E-state index contributed by atoms with van der Waals surface area (Å²) in [5, 5.41) is 2.74. The van der Waals surface area contributed by atoms with Crippen molar-refractivity contribution < 1.29 is 4.79 Å². The number of rotatable bonds is 2. The number of carbonyl (C=O) groups excluding carboxylic acids is 1. The van der Waals surface area contributed by atoms with Gasteiger partial charge < -0.3 is 10.3 Å². The lowest BCUT2D eigenvalue weighted by Gasteiger charge is -2.04. The maximum Gasteiger partial charge on any atom is 0.221 e. The van der Waals surface area contributed by atoms with Gasteiger partial charge in [-0.25, -0.2) is 9.97 Å². The molecule has 0 aliphatic rings. The molecule has 5 nitrogen and oxygen atoms in total. The van der Waals surface area contributed by atoms with Gasteiger partial charge in [-0.15, -0.1) is 0 Å². The number of aromatic nitrogens is 3. The number of fused-ring (bicyclic) bond motifs is 1. The summed E-state index contributed by atoms with van der Waals surface area (Å²) in [6.07, 6.45) is 3.41. The number of nitrogens with one attached hydrogen (secondary N) is 2. The summed E-state index contributed by atoms with van der Waals surface area (Å²) in [4.78, 5) is 22.4. The van der Waals surface area contributed by atoms with Gasteiger partial charge in [0.2, 0.25) is 5.91 Å². The Balaban J connectivity index is 1.94. The Kier molecular flexibility index (Phi) is 2.72. The Morgan fingerprint density at radius 1 is 1.16 bits per heavy atom. The van der Waals surface area contributed by atoms with Gasteiger partial charge in [-0.2, -0.15) is 0 Å². The number of aromatic amines is 1. The number of anilines is 1. The molecular formula is C14H12N4O. The normalized spacial score (nSPS) is 10.6. The quantitative estimate of drug-likeness (QED) is 0.736. The van der Waals surface area contributed by atoms with Crippen LogP contribution in [0, 0.1) is 0 Å². The van der Waals surface area contributed by atoms with Gasteiger partial charge in [0.15, 0.2) is 5.65 Å². The SMILES string of the molecule is CC(=O)Nc1ccc(-c2cnc3nc[nH]c3c2)cc1. The maximum atomic E-state index is 11.0. The first-order chi connectivity index (χ1) is 9.22. The highest BCUT2D eigenvalue weighted by Gasteiger charge is 2.03. The molecule has 3 rings (SSSR count). The fourth-order valence-corrected chi connectivity index (χ4v) is 1.94. The van der Waals surface area contributed by atoms with Crippen LogP contribution < -0.4 is 5.32 Å². The molecule has 19 heavy (non-hydrogen) atoms. The van der Waals surface area contributed by atoms with Crippen molar-refractivity contribution in [2.75, 3.05) is 5.32 Å². The number of nitrogens with zero attached hydrogens (tertiary/aromatic N) is 2. The minimum Gasteiger partial charge on any atom is -0.343 e. The monoisotopic (exact) mass is 252 g/mol. The van der Waals surface area contributed by atoms with Crippen molar-refractivity contribution in [3.63, 3.8) is 0 Å². The van der Waals surface area contributed by atoms with E-state index in [-0.39, 0.29) is 5.91 Å². The molecule has 94 valence electrons. The molecule has 0 fully saturated rings. The number of hydrogen-bond acceptors (Lipinski definition) is 3. The van der Waals surface area contributed by atoms with Crippen LogP contribution in [0.2, 0.25) is 0 Å². The summed E-state index contributed by atoms with van der Waals surface area (Å²) < 4.78 is 0. The Morgan fingerprint density at radius 2 is 1.95 bits per heavy atom. The summed E-state index contributed by atoms with van der Waals surface area (Å²) in [5.74, 6) is -0.0757. The van der Waals surface area contributed by atoms with Crippen LogP contribution in [0.1, 0.15) is 6.92 Å². The second-order valence-corrected chi connectivity index (χ2v) is 4.26. The van der Waals surface area contributed by atoms with Crippen LogP contribution in [-0.2, 0) is 4.79 Å². The number of hydrogen-bond donors (Lipinski definition) is 2. The van der Waals surface area contributed by atoms with Crippen molar-refractivity contribution in [2.45, 2.75) is 6.92 Å². The number of imidazole rings is 1. The molecule has 2 heterocycles. The van der Waals surface area contributed by atoms with Crippen molar-refractivity contribution in [1.82, 2.24) is 15.0 Å². The third-order valence-corrected chi connectivity index (χ3v) is 2.81. The Morgan fingerprint density at radius 3 is 2.68 bits per heavy atom. The van der Waals surface area contributed by atoms with E-state index in [9.17, 15) is 4.79 Å². The molecule has 0 aliphatic carbocycles. The minimum atomic E-state index is -0.0757. The van der Waals surface area contributed by atoms with Gasteiger partial charge in [0.1, 0.15) is 0 Å². The molecule has 0 spiro atoms. The molecule has 0 unspecified atom stereocenters. The first-order valence-corrected chi connectivity index (χ1v) is 5.89. The second-order valence-electron chi connectivity index (χ2n) is 4.26. The molecule has 0 aliphatic heterocycles. The number of H-pyrrole nitrogens is 1. The van der Waals surface area contributed by atoms with Crippen molar-refractivity contribution in [1.29, 1.82) is 0 Å². The fraction of sp³-hybridized carbons (Fsp3) is 0.0714. The summed E-state index contributed by atoms with van der Waals surface area (Å²) in [7, 11) is 0. The predicted octanol–water partition coefficient (Wildman–Crippen LogP) is 2.58. The van der Waals surface area contributed by atoms with Crippen molar-refractivity contribution in [2.24, 2.45) is 0 Å². The number of amides is 1. The molecule has 3 aromatic rings. The van der Waals surface area contributed by atoms with Crippen molar-refractivity contribution in [3.05, 3.63) is 42.9 Å². The molecule has 0 bridgehead atoms. The first kappa shape index (κ1) is 11.4. The average Bonchev–Trinajstić information content (AvgIpc) is 2.86. The van der Waals surface area contributed by atoms with Crippen molar-refractivity contribution >= 4 is 22.8 Å². The molecule has 1 amide bonds. The zero-order valence-corrected chi connectivity index (χ0v) is 10.3. The third kappa shape index (κ3) is 2.30. The van der Waals surface area contributed by atoms with Crippen LogP contribution in [0.25, 0.3) is 22.3 Å². The zero-order valence-electron chi connectivity index (χ0n) is 10.3. The predicted molar refractivity (Wildman–Crippen MR) is 73.6 cm³/mol. The van der Waals surface area contributed by atoms with E-state index >= 15 is 0 Å².